The molecule has 3 rings (SSSR count). The number of hydrogen-bond acceptors (Lipinski definition) is 4. The van der Waals surface area contributed by atoms with E-state index in [1.807, 2.05) is 75.4 Å². The van der Waals surface area contributed by atoms with Gasteiger partial charge in [0.1, 0.15) is 11.4 Å². The summed E-state index contributed by atoms with van der Waals surface area (Å²) < 4.78 is 7.19. The minimum atomic E-state index is -0.371. The monoisotopic (exact) mass is 420 g/mol. The smallest absolute Gasteiger partial charge is 0.255 e. The van der Waals surface area contributed by atoms with Gasteiger partial charge in [0.05, 0.1) is 25.8 Å². The van der Waals surface area contributed by atoms with E-state index in [0.29, 0.717) is 29.1 Å². The quantitative estimate of drug-likeness (QED) is 0.614. The van der Waals surface area contributed by atoms with Crippen LogP contribution in [0.5, 0.6) is 5.75 Å². The SMILES string of the molecule is COc1ccccc1-c1nn(Cc2ccccc2)cc1C(=O)NCC(=O)NC(C)(C)C. The molecular formula is C24H28N4O3. The van der Waals surface area contributed by atoms with E-state index in [-0.39, 0.29) is 23.9 Å². The van der Waals surface area contributed by atoms with Crippen LogP contribution in [0.3, 0.4) is 0 Å². The highest BCUT2D eigenvalue weighted by Crippen LogP contribution is 2.31. The van der Waals surface area contributed by atoms with Crippen LogP contribution in [0.2, 0.25) is 0 Å². The van der Waals surface area contributed by atoms with Gasteiger partial charge in [0.25, 0.3) is 5.91 Å². The number of nitrogens with zero attached hydrogens (tertiary/aromatic N) is 2. The molecule has 0 aliphatic rings. The Morgan fingerprint density at radius 3 is 2.39 bits per heavy atom. The average Bonchev–Trinajstić information content (AvgIpc) is 3.15. The van der Waals surface area contributed by atoms with E-state index in [4.69, 9.17) is 4.74 Å². The number of methoxy groups -OCH3 is 1. The Morgan fingerprint density at radius 1 is 1.03 bits per heavy atom. The fourth-order valence-electron chi connectivity index (χ4n) is 3.20. The largest absolute Gasteiger partial charge is 0.496 e. The average molecular weight is 421 g/mol. The van der Waals surface area contributed by atoms with Gasteiger partial charge in [-0.1, -0.05) is 42.5 Å². The van der Waals surface area contributed by atoms with Crippen molar-refractivity contribution in [2.45, 2.75) is 32.9 Å². The molecule has 0 spiro atoms. The molecule has 0 aliphatic carbocycles. The molecule has 1 aromatic heterocycles. The van der Waals surface area contributed by atoms with Crippen LogP contribution < -0.4 is 15.4 Å². The zero-order valence-corrected chi connectivity index (χ0v) is 18.3. The second-order valence-corrected chi connectivity index (χ2v) is 8.26. The molecule has 0 atom stereocenters. The topological polar surface area (TPSA) is 85.2 Å². The second-order valence-electron chi connectivity index (χ2n) is 8.26. The van der Waals surface area contributed by atoms with E-state index in [9.17, 15) is 9.59 Å². The molecule has 7 nitrogen and oxygen atoms in total. The van der Waals surface area contributed by atoms with Crippen LogP contribution in [0.15, 0.2) is 60.8 Å². The number of nitrogens with one attached hydrogen (secondary N) is 2. The van der Waals surface area contributed by atoms with Gasteiger partial charge < -0.3 is 15.4 Å². The third kappa shape index (κ3) is 5.94. The van der Waals surface area contributed by atoms with Crippen molar-refractivity contribution in [1.82, 2.24) is 20.4 Å². The molecule has 3 aromatic rings. The van der Waals surface area contributed by atoms with Crippen LogP contribution in [0.25, 0.3) is 11.3 Å². The number of carbonyl (C=O) groups is 2. The van der Waals surface area contributed by atoms with Gasteiger partial charge in [0.15, 0.2) is 0 Å². The van der Waals surface area contributed by atoms with E-state index in [0.717, 1.165) is 5.56 Å². The molecule has 0 aliphatic heterocycles. The number of ether oxygens (including phenoxy) is 1. The Balaban J connectivity index is 1.89. The third-order valence-electron chi connectivity index (χ3n) is 4.48. The summed E-state index contributed by atoms with van der Waals surface area (Å²) in [5.74, 6) is -0.00682. The van der Waals surface area contributed by atoms with Gasteiger partial charge in [0.2, 0.25) is 5.91 Å². The Bertz CT molecular complexity index is 1050. The molecule has 162 valence electrons. The minimum absolute atomic E-state index is 0.120. The number of rotatable bonds is 7. The van der Waals surface area contributed by atoms with Gasteiger partial charge in [-0.25, -0.2) is 0 Å². The fourth-order valence-corrected chi connectivity index (χ4v) is 3.20. The van der Waals surface area contributed by atoms with Crippen LogP contribution in [-0.4, -0.2) is 40.8 Å². The molecule has 2 amide bonds. The Morgan fingerprint density at radius 2 is 1.71 bits per heavy atom. The highest BCUT2D eigenvalue weighted by molar-refractivity contribution is 6.01. The Labute approximate surface area is 182 Å². The molecule has 2 N–H and O–H groups in total. The molecule has 0 bridgehead atoms. The second kappa shape index (κ2) is 9.47. The first-order valence-electron chi connectivity index (χ1n) is 10.1. The van der Waals surface area contributed by atoms with Crippen molar-refractivity contribution in [3.05, 3.63) is 71.9 Å². The number of benzene rings is 2. The van der Waals surface area contributed by atoms with Crippen molar-refractivity contribution < 1.29 is 14.3 Å². The van der Waals surface area contributed by atoms with Crippen molar-refractivity contribution in [3.63, 3.8) is 0 Å². The molecule has 0 radical (unpaired) electrons. The van der Waals surface area contributed by atoms with Crippen molar-refractivity contribution in [1.29, 1.82) is 0 Å². The summed E-state index contributed by atoms with van der Waals surface area (Å²) in [7, 11) is 1.58. The maximum absolute atomic E-state index is 13.0. The van der Waals surface area contributed by atoms with Gasteiger partial charge in [-0.05, 0) is 38.5 Å². The third-order valence-corrected chi connectivity index (χ3v) is 4.48. The molecule has 2 aromatic carbocycles. The van der Waals surface area contributed by atoms with E-state index >= 15 is 0 Å². The van der Waals surface area contributed by atoms with E-state index in [1.54, 1.807) is 18.0 Å². The lowest BCUT2D eigenvalue weighted by Crippen LogP contribution is -2.45. The molecule has 7 heteroatoms. The van der Waals surface area contributed by atoms with Gasteiger partial charge in [-0.15, -0.1) is 0 Å². The van der Waals surface area contributed by atoms with Gasteiger partial charge >= 0.3 is 0 Å². The van der Waals surface area contributed by atoms with E-state index in [2.05, 4.69) is 15.7 Å². The highest BCUT2D eigenvalue weighted by atomic mass is 16.5. The van der Waals surface area contributed by atoms with Crippen molar-refractivity contribution >= 4 is 11.8 Å². The Kier molecular flexibility index (Phi) is 6.74. The molecule has 0 unspecified atom stereocenters. The molecule has 0 saturated heterocycles. The summed E-state index contributed by atoms with van der Waals surface area (Å²) in [5.41, 5.74) is 2.28. The lowest BCUT2D eigenvalue weighted by Gasteiger charge is -2.20. The van der Waals surface area contributed by atoms with Gasteiger partial charge in [-0.2, -0.15) is 5.10 Å². The predicted octanol–water partition coefficient (Wildman–Crippen LogP) is 3.25. The Hall–Kier alpha value is -3.61. The molecule has 31 heavy (non-hydrogen) atoms. The first-order chi connectivity index (χ1) is 14.8. The summed E-state index contributed by atoms with van der Waals surface area (Å²) in [6, 6.07) is 17.3. The first kappa shape index (κ1) is 22.1. The molecule has 0 saturated carbocycles. The molecular weight excluding hydrogens is 392 g/mol. The van der Waals surface area contributed by atoms with Crippen LogP contribution in [0, 0.1) is 0 Å². The zero-order valence-electron chi connectivity index (χ0n) is 18.3. The van der Waals surface area contributed by atoms with Crippen LogP contribution in [0.1, 0.15) is 36.7 Å². The maximum atomic E-state index is 13.0. The molecule has 1 heterocycles. The molecule has 0 fully saturated rings. The summed E-state index contributed by atoms with van der Waals surface area (Å²) in [4.78, 5) is 25.1. The number of hydrogen-bond donors (Lipinski definition) is 2. The fraction of sp³-hybridized carbons (Fsp3) is 0.292. The van der Waals surface area contributed by atoms with Crippen molar-refractivity contribution in [2.75, 3.05) is 13.7 Å². The van der Waals surface area contributed by atoms with Crippen molar-refractivity contribution in [2.24, 2.45) is 0 Å². The number of aromatic nitrogens is 2. The number of carbonyl (C=O) groups excluding carboxylic acids is 2. The van der Waals surface area contributed by atoms with Gasteiger partial charge in [-0.3, -0.25) is 14.3 Å². The highest BCUT2D eigenvalue weighted by Gasteiger charge is 2.22. The lowest BCUT2D eigenvalue weighted by atomic mass is 10.1. The van der Waals surface area contributed by atoms with Crippen molar-refractivity contribution in [3.8, 4) is 17.0 Å². The minimum Gasteiger partial charge on any atom is -0.496 e. The summed E-state index contributed by atoms with van der Waals surface area (Å²) in [5, 5.41) is 10.2. The van der Waals surface area contributed by atoms with Gasteiger partial charge in [0, 0.05) is 17.3 Å². The number of amides is 2. The summed E-state index contributed by atoms with van der Waals surface area (Å²) in [6.07, 6.45) is 1.70. The van der Waals surface area contributed by atoms with Crippen LogP contribution in [0.4, 0.5) is 0 Å². The van der Waals surface area contributed by atoms with E-state index < -0.39 is 0 Å². The standard InChI is InChI=1S/C24H28N4O3/c1-24(2,3)26-21(29)14-25-23(30)19-16-28(15-17-10-6-5-7-11-17)27-22(19)18-12-8-9-13-20(18)31-4/h5-13,16H,14-15H2,1-4H3,(H,25,30)(H,26,29). The zero-order chi connectivity index (χ0) is 22.4. The number of para-hydroxylation sites is 1. The lowest BCUT2D eigenvalue weighted by molar-refractivity contribution is -0.121. The van der Waals surface area contributed by atoms with E-state index in [1.165, 1.54) is 0 Å². The normalized spacial score (nSPS) is 11.1. The van der Waals surface area contributed by atoms with Crippen LogP contribution in [-0.2, 0) is 11.3 Å². The predicted molar refractivity (Wildman–Crippen MR) is 120 cm³/mol. The summed E-state index contributed by atoms with van der Waals surface area (Å²) >= 11 is 0. The first-order valence-corrected chi connectivity index (χ1v) is 10.1. The summed E-state index contributed by atoms with van der Waals surface area (Å²) in [6.45, 7) is 6.06. The van der Waals surface area contributed by atoms with Crippen LogP contribution >= 0.6 is 0 Å². The maximum Gasteiger partial charge on any atom is 0.255 e.